The number of benzene rings is 2. The third-order valence-electron chi connectivity index (χ3n) is 3.32. The lowest BCUT2D eigenvalue weighted by Gasteiger charge is -2.07. The highest BCUT2D eigenvalue weighted by molar-refractivity contribution is 6.05. The van der Waals surface area contributed by atoms with Crippen LogP contribution in [0, 0.1) is 0 Å². The Kier molecular flexibility index (Phi) is 5.08. The molecule has 130 valence electrons. The van der Waals surface area contributed by atoms with Crippen molar-refractivity contribution in [1.29, 1.82) is 0 Å². The van der Waals surface area contributed by atoms with Crippen molar-refractivity contribution in [2.75, 3.05) is 6.61 Å². The number of carbonyl (C=O) groups excluding carboxylic acids is 3. The lowest BCUT2D eigenvalue weighted by molar-refractivity contribution is -0.123. The van der Waals surface area contributed by atoms with E-state index >= 15 is 0 Å². The predicted octanol–water partition coefficient (Wildman–Crippen LogP) is 0.776. The van der Waals surface area contributed by atoms with Crippen LogP contribution < -0.4 is 5.32 Å². The van der Waals surface area contributed by atoms with Crippen molar-refractivity contribution in [1.82, 2.24) is 25.5 Å². The van der Waals surface area contributed by atoms with Gasteiger partial charge in [0.25, 0.3) is 11.8 Å². The van der Waals surface area contributed by atoms with E-state index in [9.17, 15) is 14.4 Å². The van der Waals surface area contributed by atoms with Crippen molar-refractivity contribution in [2.45, 2.75) is 0 Å². The van der Waals surface area contributed by atoms with Gasteiger partial charge in [-0.3, -0.25) is 14.9 Å². The van der Waals surface area contributed by atoms with Crippen LogP contribution in [0.4, 0.5) is 0 Å². The first-order valence-corrected chi connectivity index (χ1v) is 7.53. The summed E-state index contributed by atoms with van der Waals surface area (Å²) in [5.41, 5.74) is 1.12. The first-order chi connectivity index (χ1) is 12.6. The van der Waals surface area contributed by atoms with E-state index in [0.29, 0.717) is 11.3 Å². The van der Waals surface area contributed by atoms with E-state index in [1.165, 1.54) is 23.1 Å². The number of aromatic nitrogens is 4. The summed E-state index contributed by atoms with van der Waals surface area (Å²) in [6.45, 7) is -0.577. The smallest absolute Gasteiger partial charge is 0.338 e. The summed E-state index contributed by atoms with van der Waals surface area (Å²) in [4.78, 5) is 35.7. The fourth-order valence-corrected chi connectivity index (χ4v) is 2.09. The van der Waals surface area contributed by atoms with Crippen LogP contribution in [0.2, 0.25) is 0 Å². The number of imide groups is 1. The third kappa shape index (κ3) is 4.15. The molecule has 9 heteroatoms. The van der Waals surface area contributed by atoms with Gasteiger partial charge in [-0.1, -0.05) is 24.3 Å². The van der Waals surface area contributed by atoms with Crippen molar-refractivity contribution in [3.63, 3.8) is 0 Å². The highest BCUT2D eigenvalue weighted by Crippen LogP contribution is 2.10. The predicted molar refractivity (Wildman–Crippen MR) is 88.4 cm³/mol. The van der Waals surface area contributed by atoms with E-state index in [0.717, 1.165) is 0 Å². The summed E-state index contributed by atoms with van der Waals surface area (Å²) in [6.07, 6.45) is 1.38. The van der Waals surface area contributed by atoms with Crippen molar-refractivity contribution >= 4 is 17.8 Å². The molecule has 3 aromatic rings. The quantitative estimate of drug-likeness (QED) is 0.675. The maximum absolute atomic E-state index is 12.1. The number of nitrogens with zero attached hydrogens (tertiary/aromatic N) is 4. The van der Waals surface area contributed by atoms with Crippen molar-refractivity contribution in [3.05, 3.63) is 72.1 Å². The Morgan fingerprint density at radius 3 is 2.50 bits per heavy atom. The molecule has 0 bridgehead atoms. The zero-order valence-electron chi connectivity index (χ0n) is 13.4. The van der Waals surface area contributed by atoms with Crippen LogP contribution in [0.3, 0.4) is 0 Å². The molecule has 0 aliphatic rings. The highest BCUT2D eigenvalue weighted by atomic mass is 16.5. The van der Waals surface area contributed by atoms with Crippen LogP contribution in [0.15, 0.2) is 60.9 Å². The molecule has 2 amide bonds. The van der Waals surface area contributed by atoms with Gasteiger partial charge in [0.15, 0.2) is 6.61 Å². The Labute approximate surface area is 147 Å². The van der Waals surface area contributed by atoms with Gasteiger partial charge in [-0.05, 0) is 40.8 Å². The fraction of sp³-hybridized carbons (Fsp3) is 0.0588. The SMILES string of the molecule is O=C(COC(=O)c1cccc(-n2cnnn2)c1)NC(=O)c1ccccc1. The van der Waals surface area contributed by atoms with Gasteiger partial charge in [0, 0.05) is 5.56 Å². The van der Waals surface area contributed by atoms with E-state index in [4.69, 9.17) is 4.74 Å². The molecule has 1 heterocycles. The van der Waals surface area contributed by atoms with E-state index in [-0.39, 0.29) is 5.56 Å². The Balaban J connectivity index is 1.56. The molecule has 0 saturated carbocycles. The first-order valence-electron chi connectivity index (χ1n) is 7.53. The molecule has 0 aliphatic carbocycles. The average Bonchev–Trinajstić information content (AvgIpc) is 3.22. The maximum atomic E-state index is 12.1. The molecule has 26 heavy (non-hydrogen) atoms. The number of esters is 1. The Bertz CT molecular complexity index is 925. The van der Waals surface area contributed by atoms with Gasteiger partial charge in [0.05, 0.1) is 11.3 Å². The minimum atomic E-state index is -0.719. The lowest BCUT2D eigenvalue weighted by Crippen LogP contribution is -2.34. The third-order valence-corrected chi connectivity index (χ3v) is 3.32. The topological polar surface area (TPSA) is 116 Å². The molecule has 0 radical (unpaired) electrons. The fourth-order valence-electron chi connectivity index (χ4n) is 2.09. The average molecular weight is 351 g/mol. The van der Waals surface area contributed by atoms with Crippen LogP contribution in [0.25, 0.3) is 5.69 Å². The molecular weight excluding hydrogens is 338 g/mol. The van der Waals surface area contributed by atoms with Gasteiger partial charge >= 0.3 is 5.97 Å². The zero-order valence-corrected chi connectivity index (χ0v) is 13.4. The minimum Gasteiger partial charge on any atom is -0.452 e. The largest absolute Gasteiger partial charge is 0.452 e. The molecule has 9 nitrogen and oxygen atoms in total. The summed E-state index contributed by atoms with van der Waals surface area (Å²) in [6, 6.07) is 14.6. The molecule has 0 saturated heterocycles. The van der Waals surface area contributed by atoms with Crippen LogP contribution in [0.5, 0.6) is 0 Å². The maximum Gasteiger partial charge on any atom is 0.338 e. The molecule has 0 aliphatic heterocycles. The van der Waals surface area contributed by atoms with E-state index < -0.39 is 24.4 Å². The monoisotopic (exact) mass is 351 g/mol. The van der Waals surface area contributed by atoms with Crippen LogP contribution in [0.1, 0.15) is 20.7 Å². The number of hydrogen-bond donors (Lipinski definition) is 1. The molecule has 1 N–H and O–H groups in total. The summed E-state index contributed by atoms with van der Waals surface area (Å²) in [5, 5.41) is 12.9. The molecule has 0 unspecified atom stereocenters. The molecule has 0 fully saturated rings. The normalized spacial score (nSPS) is 10.2. The summed E-state index contributed by atoms with van der Waals surface area (Å²) in [7, 11) is 0. The number of rotatable bonds is 5. The van der Waals surface area contributed by atoms with Gasteiger partial charge in [0.2, 0.25) is 0 Å². The van der Waals surface area contributed by atoms with E-state index in [1.807, 2.05) is 0 Å². The van der Waals surface area contributed by atoms with Crippen molar-refractivity contribution < 1.29 is 19.1 Å². The van der Waals surface area contributed by atoms with Gasteiger partial charge in [-0.15, -0.1) is 5.10 Å². The van der Waals surface area contributed by atoms with Crippen LogP contribution in [-0.2, 0) is 9.53 Å². The van der Waals surface area contributed by atoms with Crippen LogP contribution in [-0.4, -0.2) is 44.6 Å². The van der Waals surface area contributed by atoms with Crippen molar-refractivity contribution in [3.8, 4) is 5.69 Å². The number of tetrazole rings is 1. The second-order valence-corrected chi connectivity index (χ2v) is 5.12. The number of nitrogens with one attached hydrogen (secondary N) is 1. The molecule has 0 spiro atoms. The first kappa shape index (κ1) is 17.0. The molecular formula is C17H13N5O4. The van der Waals surface area contributed by atoms with Gasteiger partial charge in [0.1, 0.15) is 6.33 Å². The van der Waals surface area contributed by atoms with Crippen molar-refractivity contribution in [2.24, 2.45) is 0 Å². The Morgan fingerprint density at radius 2 is 1.77 bits per heavy atom. The van der Waals surface area contributed by atoms with Crippen LogP contribution >= 0.6 is 0 Å². The summed E-state index contributed by atoms with van der Waals surface area (Å²) >= 11 is 0. The van der Waals surface area contributed by atoms with Gasteiger partial charge in [-0.2, -0.15) is 0 Å². The Hall–Kier alpha value is -3.88. The molecule has 3 rings (SSSR count). The number of amides is 2. The summed E-state index contributed by atoms with van der Waals surface area (Å²) < 4.78 is 6.31. The zero-order chi connectivity index (χ0) is 18.4. The highest BCUT2D eigenvalue weighted by Gasteiger charge is 2.14. The second-order valence-electron chi connectivity index (χ2n) is 5.12. The number of carbonyl (C=O) groups is 3. The molecule has 1 aromatic heterocycles. The lowest BCUT2D eigenvalue weighted by atomic mass is 10.2. The minimum absolute atomic E-state index is 0.222. The van der Waals surface area contributed by atoms with Gasteiger partial charge in [-0.25, -0.2) is 9.48 Å². The van der Waals surface area contributed by atoms with Gasteiger partial charge < -0.3 is 4.74 Å². The second kappa shape index (κ2) is 7.79. The van der Waals surface area contributed by atoms with E-state index in [2.05, 4.69) is 20.8 Å². The standard InChI is InChI=1S/C17H13N5O4/c23-15(19-16(24)12-5-2-1-3-6-12)10-26-17(25)13-7-4-8-14(9-13)22-11-18-20-21-22/h1-9,11H,10H2,(H,19,23,24). The number of hydrogen-bond acceptors (Lipinski definition) is 7. The van der Waals surface area contributed by atoms with E-state index in [1.54, 1.807) is 42.5 Å². The number of ether oxygens (including phenoxy) is 1. The molecule has 2 aromatic carbocycles. The Morgan fingerprint density at radius 1 is 1.00 bits per heavy atom. The molecule has 0 atom stereocenters. The summed E-state index contributed by atoms with van der Waals surface area (Å²) in [5.74, 6) is -1.99.